The molecular weight excluding hydrogens is 704 g/mol. The van der Waals surface area contributed by atoms with Gasteiger partial charge in [0.25, 0.3) is 0 Å². The third-order valence-corrected chi connectivity index (χ3v) is 10.8. The largest absolute Gasteiger partial charge is 0.304 e. The third kappa shape index (κ3) is 14.7. The molecular formula is C36H60Br2N8. The number of hydrogen-bond donors (Lipinski definition) is 0. The molecule has 3 aliphatic rings. The molecule has 0 spiro atoms. The quantitative estimate of drug-likeness (QED) is 0.464. The van der Waals surface area contributed by atoms with Crippen LogP contribution in [-0.2, 0) is 13.1 Å². The average molecular weight is 765 g/mol. The zero-order valence-electron chi connectivity index (χ0n) is 29.1. The molecule has 5 rings (SSSR count). The van der Waals surface area contributed by atoms with Gasteiger partial charge in [-0.3, -0.25) is 19.6 Å². The van der Waals surface area contributed by atoms with Gasteiger partial charge in [0.15, 0.2) is 0 Å². The van der Waals surface area contributed by atoms with Gasteiger partial charge in [-0.15, -0.1) is 0 Å². The van der Waals surface area contributed by atoms with Gasteiger partial charge in [0.2, 0.25) is 0 Å². The van der Waals surface area contributed by atoms with Crippen LogP contribution in [0.3, 0.4) is 0 Å². The Balaban J connectivity index is 1.53. The molecule has 10 heteroatoms. The number of halogens is 2. The van der Waals surface area contributed by atoms with Gasteiger partial charge in [-0.05, 0) is 63.6 Å². The summed E-state index contributed by atoms with van der Waals surface area (Å²) >= 11 is 7.24. The molecule has 258 valence electrons. The van der Waals surface area contributed by atoms with Crippen molar-refractivity contribution in [2.24, 2.45) is 0 Å². The van der Waals surface area contributed by atoms with Gasteiger partial charge in [0, 0.05) is 140 Å². The van der Waals surface area contributed by atoms with Crippen molar-refractivity contribution >= 4 is 31.9 Å². The summed E-state index contributed by atoms with van der Waals surface area (Å²) in [5, 5.41) is 0. The van der Waals surface area contributed by atoms with E-state index >= 15 is 0 Å². The second-order valence-corrected chi connectivity index (χ2v) is 15.5. The van der Waals surface area contributed by atoms with E-state index in [0.29, 0.717) is 0 Å². The first kappa shape index (κ1) is 37.9. The SMILES string of the molecule is CN1CCN(C)CCN2CCN(C)CCN(Cc3ccc(Br)cc3)CCN(CC1)CCN(C)CCN(Cc1ccc(Br)cc1)CC2. The molecule has 0 saturated carbocycles. The maximum atomic E-state index is 3.62. The first-order chi connectivity index (χ1) is 22.2. The van der Waals surface area contributed by atoms with Crippen LogP contribution in [-0.4, -0.2) is 185 Å². The van der Waals surface area contributed by atoms with Gasteiger partial charge < -0.3 is 19.6 Å². The van der Waals surface area contributed by atoms with Gasteiger partial charge in [-0.1, -0.05) is 56.1 Å². The Morgan fingerprint density at radius 3 is 0.935 bits per heavy atom. The van der Waals surface area contributed by atoms with Crippen LogP contribution in [0, 0.1) is 0 Å². The highest BCUT2D eigenvalue weighted by atomic mass is 79.9. The number of likely N-dealkylation sites (N-methyl/N-ethyl adjacent to an activating group) is 4. The normalized spacial score (nSPS) is 25.0. The van der Waals surface area contributed by atoms with Crippen molar-refractivity contribution < 1.29 is 0 Å². The summed E-state index contributed by atoms with van der Waals surface area (Å²) in [5.41, 5.74) is 2.79. The molecule has 2 aromatic carbocycles. The van der Waals surface area contributed by atoms with Crippen LogP contribution in [0.5, 0.6) is 0 Å². The second kappa shape index (κ2) is 20.6. The predicted octanol–water partition coefficient (Wildman–Crippen LogP) is 3.87. The van der Waals surface area contributed by atoms with Crippen LogP contribution < -0.4 is 0 Å². The lowest BCUT2D eigenvalue weighted by molar-refractivity contribution is 0.127. The summed E-state index contributed by atoms with van der Waals surface area (Å²) in [6.45, 7) is 21.8. The maximum absolute atomic E-state index is 3.62. The van der Waals surface area contributed by atoms with Gasteiger partial charge in [0.05, 0.1) is 0 Å². The highest BCUT2D eigenvalue weighted by Gasteiger charge is 2.17. The molecule has 2 atom stereocenters. The maximum Gasteiger partial charge on any atom is 0.0234 e. The van der Waals surface area contributed by atoms with Gasteiger partial charge >= 0.3 is 0 Å². The standard InChI is InChI=1S/C36H60Br2N8/c1-39-13-14-40(2)16-22-44-24-18-42(4)20-25-45(31-33-5-9-35(37)10-6-33)29-27-43(21-15-39)23-17-41(3)19-26-46(30-28-44)32-34-7-11-36(38)12-8-34/h5-12H,13-32H2,1-4H3. The lowest BCUT2D eigenvalue weighted by Crippen LogP contribution is -2.47. The van der Waals surface area contributed by atoms with Crippen LogP contribution in [0.1, 0.15) is 11.1 Å². The number of rotatable bonds is 4. The Kier molecular flexibility index (Phi) is 16.9. The minimum absolute atomic E-state index is 1.00. The molecule has 0 amide bonds. The molecule has 0 radical (unpaired) electrons. The Labute approximate surface area is 297 Å². The molecule has 0 aromatic heterocycles. The summed E-state index contributed by atoms with van der Waals surface area (Å²) in [7, 11) is 9.24. The number of fused-ring (bicyclic) bond motifs is 21. The fourth-order valence-corrected chi connectivity index (χ4v) is 6.66. The smallest absolute Gasteiger partial charge is 0.0234 e. The summed E-state index contributed by atoms with van der Waals surface area (Å²) in [5.74, 6) is 0. The van der Waals surface area contributed by atoms with E-state index in [4.69, 9.17) is 0 Å². The van der Waals surface area contributed by atoms with E-state index in [2.05, 4.69) is 148 Å². The minimum Gasteiger partial charge on any atom is -0.304 e. The molecule has 2 aromatic rings. The zero-order chi connectivity index (χ0) is 32.7. The fourth-order valence-electron chi connectivity index (χ4n) is 6.13. The topological polar surface area (TPSA) is 25.9 Å². The Morgan fingerprint density at radius 2 is 0.609 bits per heavy atom. The summed E-state index contributed by atoms with van der Waals surface area (Å²) in [6.07, 6.45) is 0. The Hall–Kier alpha value is -0.920. The van der Waals surface area contributed by atoms with Gasteiger partial charge in [-0.25, -0.2) is 0 Å². The number of nitrogens with zero attached hydrogens (tertiary/aromatic N) is 8. The summed E-state index contributed by atoms with van der Waals surface area (Å²) in [4.78, 5) is 21.0. The first-order valence-electron chi connectivity index (χ1n) is 17.3. The van der Waals surface area contributed by atoms with Crippen molar-refractivity contribution in [1.82, 2.24) is 39.2 Å². The lowest BCUT2D eigenvalue weighted by Gasteiger charge is -2.34. The van der Waals surface area contributed by atoms with E-state index in [-0.39, 0.29) is 0 Å². The molecule has 46 heavy (non-hydrogen) atoms. The van der Waals surface area contributed by atoms with Crippen LogP contribution >= 0.6 is 31.9 Å². The first-order valence-corrected chi connectivity index (χ1v) is 18.9. The third-order valence-electron chi connectivity index (χ3n) is 9.75. The van der Waals surface area contributed by atoms with Crippen LogP contribution in [0.15, 0.2) is 57.5 Å². The summed E-state index contributed by atoms with van der Waals surface area (Å²) < 4.78 is 2.30. The molecule has 0 aliphatic carbocycles. The van der Waals surface area contributed by atoms with Crippen molar-refractivity contribution in [3.8, 4) is 0 Å². The number of benzene rings is 2. The van der Waals surface area contributed by atoms with Crippen molar-refractivity contribution in [3.63, 3.8) is 0 Å². The second-order valence-electron chi connectivity index (χ2n) is 13.7. The highest BCUT2D eigenvalue weighted by molar-refractivity contribution is 9.10. The van der Waals surface area contributed by atoms with Gasteiger partial charge in [0.1, 0.15) is 0 Å². The lowest BCUT2D eigenvalue weighted by atomic mass is 10.2. The van der Waals surface area contributed by atoms with Crippen molar-refractivity contribution in [2.45, 2.75) is 13.1 Å². The molecule has 3 saturated heterocycles. The molecule has 2 bridgehead atoms. The highest BCUT2D eigenvalue weighted by Crippen LogP contribution is 2.14. The number of hydrogen-bond acceptors (Lipinski definition) is 8. The molecule has 8 nitrogen and oxygen atoms in total. The van der Waals surface area contributed by atoms with Crippen molar-refractivity contribution in [2.75, 3.05) is 146 Å². The van der Waals surface area contributed by atoms with Crippen LogP contribution in [0.25, 0.3) is 0 Å². The fraction of sp³-hybridized carbons (Fsp3) is 0.667. The molecule has 2 unspecified atom stereocenters. The van der Waals surface area contributed by atoms with E-state index in [9.17, 15) is 0 Å². The molecule has 3 aliphatic heterocycles. The molecule has 0 N–H and O–H groups in total. The predicted molar refractivity (Wildman–Crippen MR) is 202 cm³/mol. The monoisotopic (exact) mass is 762 g/mol. The Bertz CT molecular complexity index is 1020. The van der Waals surface area contributed by atoms with Crippen LogP contribution in [0.4, 0.5) is 0 Å². The van der Waals surface area contributed by atoms with E-state index in [1.807, 2.05) is 0 Å². The van der Waals surface area contributed by atoms with Crippen molar-refractivity contribution in [3.05, 3.63) is 68.6 Å². The summed E-state index contributed by atoms with van der Waals surface area (Å²) in [6, 6.07) is 17.8. The zero-order valence-corrected chi connectivity index (χ0v) is 32.3. The van der Waals surface area contributed by atoms with Crippen LogP contribution in [0.2, 0.25) is 0 Å². The van der Waals surface area contributed by atoms with E-state index < -0.39 is 0 Å². The molecule has 3 heterocycles. The van der Waals surface area contributed by atoms with E-state index in [0.717, 1.165) is 140 Å². The van der Waals surface area contributed by atoms with E-state index in [1.165, 1.54) is 11.1 Å². The van der Waals surface area contributed by atoms with Crippen molar-refractivity contribution in [1.29, 1.82) is 0 Å². The average Bonchev–Trinajstić information content (AvgIpc) is 3.04. The molecule has 3 fully saturated rings. The minimum atomic E-state index is 1.00. The van der Waals surface area contributed by atoms with E-state index in [1.54, 1.807) is 0 Å². The van der Waals surface area contributed by atoms with Gasteiger partial charge in [-0.2, -0.15) is 0 Å². The Morgan fingerprint density at radius 1 is 0.370 bits per heavy atom.